The van der Waals surface area contributed by atoms with E-state index >= 15 is 0 Å². The maximum atomic E-state index is 11.7. The number of anilines is 1. The second-order valence-corrected chi connectivity index (χ2v) is 7.22. The van der Waals surface area contributed by atoms with E-state index in [9.17, 15) is 9.00 Å². The number of hydrogen-bond acceptors (Lipinski definition) is 5. The van der Waals surface area contributed by atoms with Crippen LogP contribution in [-0.2, 0) is 26.7 Å². The van der Waals surface area contributed by atoms with Crippen LogP contribution in [0.3, 0.4) is 0 Å². The van der Waals surface area contributed by atoms with Crippen molar-refractivity contribution in [1.82, 2.24) is 9.71 Å². The van der Waals surface area contributed by atoms with Crippen molar-refractivity contribution in [2.45, 2.75) is 13.3 Å². The minimum absolute atomic E-state index is 0.310. The second kappa shape index (κ2) is 8.51. The maximum absolute atomic E-state index is 11.7. The summed E-state index contributed by atoms with van der Waals surface area (Å²) in [4.78, 5) is 17.1. The summed E-state index contributed by atoms with van der Waals surface area (Å²) < 4.78 is 18.2. The average Bonchev–Trinajstić information content (AvgIpc) is 2.84. The van der Waals surface area contributed by atoms with Crippen molar-refractivity contribution in [3.05, 3.63) is 45.4 Å². The second-order valence-electron chi connectivity index (χ2n) is 4.58. The Morgan fingerprint density at radius 3 is 2.96 bits per heavy atom. The van der Waals surface area contributed by atoms with Crippen molar-refractivity contribution in [2.24, 2.45) is 0 Å². The van der Waals surface area contributed by atoms with Gasteiger partial charge in [0.15, 0.2) is 5.13 Å². The summed E-state index contributed by atoms with van der Waals surface area (Å²) in [6.07, 6.45) is 0.695. The molecular formula is C14H16ClN3O3S2. The molecule has 0 aliphatic carbocycles. The SMILES string of the molecule is CNS(=O)OCC(=O)Nc1nc(C)c(Cc2cccc(Cl)c2)s1. The highest BCUT2D eigenvalue weighted by Crippen LogP contribution is 2.26. The Bertz CT molecular complexity index is 721. The Labute approximate surface area is 146 Å². The number of rotatable bonds is 7. The molecule has 1 aromatic heterocycles. The lowest BCUT2D eigenvalue weighted by atomic mass is 10.1. The third-order valence-electron chi connectivity index (χ3n) is 2.86. The molecule has 1 aromatic carbocycles. The number of carbonyl (C=O) groups is 1. The molecule has 0 spiro atoms. The average molecular weight is 374 g/mol. The first kappa shape index (κ1) is 18.0. The fraction of sp³-hybridized carbons (Fsp3) is 0.286. The Balaban J connectivity index is 1.98. The van der Waals surface area contributed by atoms with Gasteiger partial charge in [0.2, 0.25) is 11.3 Å². The van der Waals surface area contributed by atoms with Gasteiger partial charge < -0.3 is 0 Å². The zero-order chi connectivity index (χ0) is 16.8. The maximum Gasteiger partial charge on any atom is 0.253 e. The van der Waals surface area contributed by atoms with Crippen LogP contribution in [0.2, 0.25) is 5.02 Å². The molecule has 1 heterocycles. The molecule has 2 N–H and O–H groups in total. The van der Waals surface area contributed by atoms with Gasteiger partial charge in [-0.25, -0.2) is 13.9 Å². The first-order chi connectivity index (χ1) is 11.0. The molecule has 0 aliphatic rings. The van der Waals surface area contributed by atoms with E-state index in [4.69, 9.17) is 15.8 Å². The third-order valence-corrected chi connectivity index (χ3v) is 4.83. The smallest absolute Gasteiger partial charge is 0.253 e. The van der Waals surface area contributed by atoms with Gasteiger partial charge in [0.1, 0.15) is 6.61 Å². The molecule has 23 heavy (non-hydrogen) atoms. The molecule has 6 nitrogen and oxygen atoms in total. The Kier molecular flexibility index (Phi) is 6.67. The number of nitrogens with one attached hydrogen (secondary N) is 2. The largest absolute Gasteiger partial charge is 0.300 e. The van der Waals surface area contributed by atoms with Gasteiger partial charge in [0.05, 0.1) is 5.69 Å². The minimum atomic E-state index is -1.67. The Morgan fingerprint density at radius 2 is 2.26 bits per heavy atom. The van der Waals surface area contributed by atoms with E-state index in [2.05, 4.69) is 15.0 Å². The summed E-state index contributed by atoms with van der Waals surface area (Å²) in [5.74, 6) is -0.406. The molecule has 1 amide bonds. The van der Waals surface area contributed by atoms with Crippen molar-refractivity contribution >= 4 is 45.2 Å². The van der Waals surface area contributed by atoms with Crippen molar-refractivity contribution in [2.75, 3.05) is 19.0 Å². The van der Waals surface area contributed by atoms with E-state index in [-0.39, 0.29) is 6.61 Å². The molecule has 1 atom stereocenters. The molecule has 0 bridgehead atoms. The van der Waals surface area contributed by atoms with E-state index in [1.165, 1.54) is 18.4 Å². The number of benzene rings is 1. The quantitative estimate of drug-likeness (QED) is 0.781. The molecule has 0 saturated carbocycles. The van der Waals surface area contributed by atoms with Gasteiger partial charge in [-0.2, -0.15) is 0 Å². The number of thiazole rings is 1. The Hall–Kier alpha value is -1.32. The highest BCUT2D eigenvalue weighted by atomic mass is 35.5. The highest BCUT2D eigenvalue weighted by molar-refractivity contribution is 7.78. The summed E-state index contributed by atoms with van der Waals surface area (Å²) in [7, 11) is 1.47. The van der Waals surface area contributed by atoms with E-state index in [0.717, 1.165) is 16.1 Å². The number of aromatic nitrogens is 1. The van der Waals surface area contributed by atoms with E-state index < -0.39 is 17.2 Å². The zero-order valence-corrected chi connectivity index (χ0v) is 15.0. The summed E-state index contributed by atoms with van der Waals surface area (Å²) in [5.41, 5.74) is 1.93. The van der Waals surface area contributed by atoms with Gasteiger partial charge in [-0.15, -0.1) is 11.3 Å². The normalized spacial score (nSPS) is 12.1. The number of amides is 1. The van der Waals surface area contributed by atoms with Crippen LogP contribution in [0, 0.1) is 6.92 Å². The highest BCUT2D eigenvalue weighted by Gasteiger charge is 2.12. The van der Waals surface area contributed by atoms with Crippen LogP contribution in [0.15, 0.2) is 24.3 Å². The number of nitrogens with zero attached hydrogens (tertiary/aromatic N) is 1. The summed E-state index contributed by atoms with van der Waals surface area (Å²) in [5, 5.41) is 3.81. The van der Waals surface area contributed by atoms with Gasteiger partial charge in [-0.1, -0.05) is 23.7 Å². The van der Waals surface area contributed by atoms with Crippen LogP contribution in [0.4, 0.5) is 5.13 Å². The van der Waals surface area contributed by atoms with E-state index in [1.54, 1.807) is 0 Å². The topological polar surface area (TPSA) is 80.3 Å². The van der Waals surface area contributed by atoms with Crippen LogP contribution >= 0.6 is 22.9 Å². The van der Waals surface area contributed by atoms with Gasteiger partial charge in [0, 0.05) is 16.3 Å². The molecule has 124 valence electrons. The first-order valence-corrected chi connectivity index (χ1v) is 8.98. The van der Waals surface area contributed by atoms with Crippen LogP contribution in [0.25, 0.3) is 0 Å². The zero-order valence-electron chi connectivity index (χ0n) is 12.6. The number of carbonyl (C=O) groups excluding carboxylic acids is 1. The fourth-order valence-corrected chi connectivity index (χ4v) is 3.36. The van der Waals surface area contributed by atoms with Crippen LogP contribution < -0.4 is 10.0 Å². The third kappa shape index (κ3) is 5.67. The molecule has 0 aliphatic heterocycles. The lowest BCUT2D eigenvalue weighted by molar-refractivity contribution is -0.117. The molecule has 9 heteroatoms. The summed E-state index contributed by atoms with van der Waals surface area (Å²) >= 11 is 5.71. The molecule has 2 aromatic rings. The lowest BCUT2D eigenvalue weighted by Crippen LogP contribution is -2.22. The monoisotopic (exact) mass is 373 g/mol. The number of aryl methyl sites for hydroxylation is 1. The predicted octanol–water partition coefficient (Wildman–Crippen LogP) is 2.45. The fourth-order valence-electron chi connectivity index (χ4n) is 1.80. The lowest BCUT2D eigenvalue weighted by Gasteiger charge is -2.02. The molecular weight excluding hydrogens is 358 g/mol. The molecule has 0 saturated heterocycles. The predicted molar refractivity (Wildman–Crippen MR) is 92.9 cm³/mol. The Morgan fingerprint density at radius 1 is 1.48 bits per heavy atom. The van der Waals surface area contributed by atoms with Crippen LogP contribution in [0.1, 0.15) is 16.1 Å². The summed E-state index contributed by atoms with van der Waals surface area (Å²) in [6, 6.07) is 7.62. The molecule has 0 fully saturated rings. The van der Waals surface area contributed by atoms with E-state index in [1.807, 2.05) is 31.2 Å². The van der Waals surface area contributed by atoms with Gasteiger partial charge in [0.25, 0.3) is 5.91 Å². The minimum Gasteiger partial charge on any atom is -0.300 e. The van der Waals surface area contributed by atoms with Crippen molar-refractivity contribution in [3.8, 4) is 0 Å². The van der Waals surface area contributed by atoms with Crippen LogP contribution in [0.5, 0.6) is 0 Å². The molecule has 1 unspecified atom stereocenters. The van der Waals surface area contributed by atoms with Crippen molar-refractivity contribution in [3.63, 3.8) is 0 Å². The standard InChI is InChI=1S/C14H16ClN3O3S2/c1-9-12(7-10-4-3-5-11(15)6-10)22-14(17-9)18-13(19)8-21-23(20)16-2/h3-6,16H,7-8H2,1-2H3,(H,17,18,19). The van der Waals surface area contributed by atoms with Gasteiger partial charge in [-0.3, -0.25) is 14.3 Å². The molecule has 0 radical (unpaired) electrons. The first-order valence-electron chi connectivity index (χ1n) is 6.71. The van der Waals surface area contributed by atoms with Crippen LogP contribution in [-0.4, -0.2) is 28.8 Å². The number of halogens is 1. The summed E-state index contributed by atoms with van der Waals surface area (Å²) in [6.45, 7) is 1.58. The van der Waals surface area contributed by atoms with E-state index in [0.29, 0.717) is 16.6 Å². The molecule has 2 rings (SSSR count). The number of hydrogen-bond donors (Lipinski definition) is 2. The van der Waals surface area contributed by atoms with Crippen molar-refractivity contribution < 1.29 is 13.2 Å². The van der Waals surface area contributed by atoms with Gasteiger partial charge in [-0.05, 0) is 31.7 Å². The van der Waals surface area contributed by atoms with Gasteiger partial charge >= 0.3 is 0 Å². The van der Waals surface area contributed by atoms with Crippen molar-refractivity contribution in [1.29, 1.82) is 0 Å².